The summed E-state index contributed by atoms with van der Waals surface area (Å²) in [5, 5.41) is 5.25. The van der Waals surface area contributed by atoms with Gasteiger partial charge >= 0.3 is 5.97 Å². The number of ether oxygens (including phenoxy) is 1. The lowest BCUT2D eigenvalue weighted by Crippen LogP contribution is -2.45. The van der Waals surface area contributed by atoms with E-state index in [-0.39, 0.29) is 12.0 Å². The average Bonchev–Trinajstić information content (AvgIpc) is 2.91. The van der Waals surface area contributed by atoms with E-state index in [9.17, 15) is 4.79 Å². The number of carbonyl (C=O) groups is 1. The second-order valence-corrected chi connectivity index (χ2v) is 6.80. The highest BCUT2D eigenvalue weighted by molar-refractivity contribution is 5.76. The molecule has 0 saturated heterocycles. The Morgan fingerprint density at radius 3 is 2.74 bits per heavy atom. The van der Waals surface area contributed by atoms with E-state index in [0.29, 0.717) is 6.61 Å². The number of esters is 1. The number of hydroxylamine groups is 1. The predicted molar refractivity (Wildman–Crippen MR) is 104 cm³/mol. The number of carbonyl (C=O) groups excluding carboxylic acids is 1. The first-order valence-electron chi connectivity index (χ1n) is 9.52. The maximum atomic E-state index is 12.4. The number of fused-ring (bicyclic) bond motifs is 1. The third kappa shape index (κ3) is 3.63. The molecule has 1 unspecified atom stereocenters. The summed E-state index contributed by atoms with van der Waals surface area (Å²) in [6.45, 7) is 2.22. The number of nitrogens with one attached hydrogen (secondary N) is 1. The van der Waals surface area contributed by atoms with Crippen molar-refractivity contribution in [3.63, 3.8) is 0 Å². The van der Waals surface area contributed by atoms with E-state index in [4.69, 9.17) is 9.57 Å². The largest absolute Gasteiger partial charge is 0.464 e. The molecule has 140 valence electrons. The van der Waals surface area contributed by atoms with Crippen LogP contribution < -0.4 is 15.2 Å². The van der Waals surface area contributed by atoms with Crippen molar-refractivity contribution in [1.82, 2.24) is 5.32 Å². The van der Waals surface area contributed by atoms with E-state index in [2.05, 4.69) is 17.4 Å². The van der Waals surface area contributed by atoms with Crippen molar-refractivity contribution in [1.29, 1.82) is 0 Å². The Hall–Kier alpha value is -2.95. The molecule has 0 radical (unpaired) electrons. The number of rotatable bonds is 4. The summed E-state index contributed by atoms with van der Waals surface area (Å²) in [6.07, 6.45) is 3.49. The normalized spacial score (nSPS) is 18.7. The van der Waals surface area contributed by atoms with Crippen LogP contribution in [0.3, 0.4) is 0 Å². The van der Waals surface area contributed by atoms with Crippen LogP contribution in [0.25, 0.3) is 0 Å². The SMILES string of the molecule is CCOC(=O)C1CCCC2=C(N1)N(Oc1ccccc1)c1ccccc1C2. The Balaban J connectivity index is 1.70. The fraction of sp³-hybridized carbons (Fsp3) is 0.318. The molecule has 0 amide bonds. The maximum absolute atomic E-state index is 12.4. The molecule has 4 rings (SSSR count). The third-order valence-corrected chi connectivity index (χ3v) is 4.95. The van der Waals surface area contributed by atoms with Crippen molar-refractivity contribution in [2.45, 2.75) is 38.6 Å². The number of para-hydroxylation sites is 2. The topological polar surface area (TPSA) is 50.8 Å². The summed E-state index contributed by atoms with van der Waals surface area (Å²) in [4.78, 5) is 18.6. The van der Waals surface area contributed by atoms with Crippen molar-refractivity contribution in [3.8, 4) is 5.75 Å². The molecule has 0 aromatic heterocycles. The molecule has 2 aromatic carbocycles. The van der Waals surface area contributed by atoms with Crippen LogP contribution in [0.1, 0.15) is 31.7 Å². The average molecular weight is 364 g/mol. The van der Waals surface area contributed by atoms with E-state index >= 15 is 0 Å². The number of hydrogen-bond donors (Lipinski definition) is 1. The molecular weight excluding hydrogens is 340 g/mol. The van der Waals surface area contributed by atoms with Crippen molar-refractivity contribution in [3.05, 3.63) is 71.6 Å². The number of hydrogen-bond acceptors (Lipinski definition) is 5. The van der Waals surface area contributed by atoms with Gasteiger partial charge in [0.1, 0.15) is 11.9 Å². The van der Waals surface area contributed by atoms with E-state index in [1.165, 1.54) is 11.1 Å². The summed E-state index contributed by atoms with van der Waals surface area (Å²) in [6, 6.07) is 17.6. The zero-order valence-corrected chi connectivity index (χ0v) is 15.5. The van der Waals surface area contributed by atoms with Crippen LogP contribution in [0.5, 0.6) is 5.75 Å². The molecule has 5 heteroatoms. The van der Waals surface area contributed by atoms with Gasteiger partial charge in [-0.3, -0.25) is 0 Å². The van der Waals surface area contributed by atoms with Gasteiger partial charge in [-0.25, -0.2) is 4.79 Å². The van der Waals surface area contributed by atoms with Crippen molar-refractivity contribution in [2.75, 3.05) is 11.7 Å². The predicted octanol–water partition coefficient (Wildman–Crippen LogP) is 3.96. The van der Waals surface area contributed by atoms with Crippen molar-refractivity contribution < 1.29 is 14.4 Å². The first kappa shape index (κ1) is 17.5. The fourth-order valence-electron chi connectivity index (χ4n) is 3.66. The summed E-state index contributed by atoms with van der Waals surface area (Å²) in [5.41, 5.74) is 3.48. The lowest BCUT2D eigenvalue weighted by Gasteiger charge is -2.35. The van der Waals surface area contributed by atoms with Crippen LogP contribution in [0.15, 0.2) is 66.0 Å². The standard InChI is InChI=1S/C22H24N2O3/c1-2-26-22(25)19-13-8-10-17-15-16-9-6-7-14-20(16)24(21(17)23-19)27-18-11-4-3-5-12-18/h3-7,9,11-12,14,19,23H,2,8,10,13,15H2,1H3. The molecule has 0 fully saturated rings. The molecular formula is C22H24N2O3. The van der Waals surface area contributed by atoms with Crippen molar-refractivity contribution in [2.24, 2.45) is 0 Å². The Labute approximate surface area is 159 Å². The Morgan fingerprint density at radius 2 is 1.93 bits per heavy atom. The summed E-state index contributed by atoms with van der Waals surface area (Å²) < 4.78 is 5.26. The van der Waals surface area contributed by atoms with E-state index in [0.717, 1.165) is 42.9 Å². The van der Waals surface area contributed by atoms with Gasteiger partial charge in [-0.05, 0) is 61.9 Å². The number of nitrogens with zero attached hydrogens (tertiary/aromatic N) is 1. The van der Waals surface area contributed by atoms with Gasteiger partial charge in [0.2, 0.25) is 0 Å². The molecule has 0 spiro atoms. The summed E-state index contributed by atoms with van der Waals surface area (Å²) in [7, 11) is 0. The van der Waals surface area contributed by atoms with Crippen LogP contribution in [0.4, 0.5) is 5.69 Å². The molecule has 2 aliphatic heterocycles. The Kier molecular flexibility index (Phi) is 5.01. The van der Waals surface area contributed by atoms with Gasteiger partial charge in [0, 0.05) is 0 Å². The van der Waals surface area contributed by atoms with Gasteiger partial charge in [-0.2, -0.15) is 5.06 Å². The third-order valence-electron chi connectivity index (χ3n) is 4.95. The number of allylic oxidation sites excluding steroid dienone is 1. The molecule has 27 heavy (non-hydrogen) atoms. The minimum absolute atomic E-state index is 0.204. The Bertz CT molecular complexity index is 848. The van der Waals surface area contributed by atoms with Crippen molar-refractivity contribution >= 4 is 11.7 Å². The zero-order chi connectivity index (χ0) is 18.6. The second kappa shape index (κ2) is 7.74. The molecule has 0 aliphatic carbocycles. The highest BCUT2D eigenvalue weighted by Gasteiger charge is 2.33. The molecule has 0 saturated carbocycles. The van der Waals surface area contributed by atoms with Gasteiger partial charge in [0.25, 0.3) is 0 Å². The minimum atomic E-state index is -0.357. The molecule has 2 heterocycles. The van der Waals surface area contributed by atoms with Crippen LogP contribution in [-0.2, 0) is 16.0 Å². The van der Waals surface area contributed by atoms with Crippen LogP contribution >= 0.6 is 0 Å². The quantitative estimate of drug-likeness (QED) is 0.832. The molecule has 1 atom stereocenters. The van der Waals surface area contributed by atoms with E-state index < -0.39 is 0 Å². The van der Waals surface area contributed by atoms with Gasteiger partial charge in [-0.1, -0.05) is 36.4 Å². The van der Waals surface area contributed by atoms with Crippen LogP contribution in [0, 0.1) is 0 Å². The maximum Gasteiger partial charge on any atom is 0.328 e. The highest BCUT2D eigenvalue weighted by Crippen LogP contribution is 2.36. The molecule has 2 aliphatic rings. The zero-order valence-electron chi connectivity index (χ0n) is 15.5. The van der Waals surface area contributed by atoms with Crippen LogP contribution in [-0.4, -0.2) is 18.6 Å². The van der Waals surface area contributed by atoms with E-state index in [1.54, 1.807) is 0 Å². The molecule has 1 N–H and O–H groups in total. The van der Waals surface area contributed by atoms with Crippen LogP contribution in [0.2, 0.25) is 0 Å². The molecule has 0 bridgehead atoms. The monoisotopic (exact) mass is 364 g/mol. The number of benzene rings is 2. The lowest BCUT2D eigenvalue weighted by molar-refractivity contribution is -0.145. The van der Waals surface area contributed by atoms with Gasteiger partial charge in [0.15, 0.2) is 5.75 Å². The Morgan fingerprint density at radius 1 is 1.15 bits per heavy atom. The van der Waals surface area contributed by atoms with Gasteiger partial charge in [-0.15, -0.1) is 0 Å². The summed E-state index contributed by atoms with van der Waals surface area (Å²) in [5.74, 6) is 1.41. The second-order valence-electron chi connectivity index (χ2n) is 6.80. The minimum Gasteiger partial charge on any atom is -0.464 e. The van der Waals surface area contributed by atoms with Gasteiger partial charge < -0.3 is 14.9 Å². The van der Waals surface area contributed by atoms with E-state index in [1.807, 2.05) is 54.5 Å². The van der Waals surface area contributed by atoms with Gasteiger partial charge in [0.05, 0.1) is 12.3 Å². The summed E-state index contributed by atoms with van der Waals surface area (Å²) >= 11 is 0. The number of anilines is 1. The lowest BCUT2D eigenvalue weighted by atomic mass is 9.96. The molecule has 5 nitrogen and oxygen atoms in total. The first-order valence-corrected chi connectivity index (χ1v) is 9.52. The smallest absolute Gasteiger partial charge is 0.328 e. The first-order chi connectivity index (χ1) is 13.3. The highest BCUT2D eigenvalue weighted by atomic mass is 16.7. The molecule has 2 aromatic rings. The fourth-order valence-corrected chi connectivity index (χ4v) is 3.66.